The van der Waals surface area contributed by atoms with Gasteiger partial charge < -0.3 is 5.11 Å². The number of unbranched alkanes of at least 4 members (excludes halogenated alkanes) is 4. The lowest BCUT2D eigenvalue weighted by molar-refractivity contribution is -0.302. The molecule has 0 spiro atoms. The topological polar surface area (TPSA) is 65.8 Å². The van der Waals surface area contributed by atoms with Crippen molar-refractivity contribution in [1.29, 1.82) is 0 Å². The second kappa shape index (κ2) is 7.95. The van der Waals surface area contributed by atoms with Gasteiger partial charge in [0.2, 0.25) is 5.91 Å². The highest BCUT2D eigenvalue weighted by Crippen LogP contribution is 2.41. The number of aromatic nitrogens is 1. The minimum atomic E-state index is -5.00. The van der Waals surface area contributed by atoms with Crippen LogP contribution in [0.3, 0.4) is 0 Å². The molecule has 0 saturated heterocycles. The number of amides is 1. The quantitative estimate of drug-likeness (QED) is 0.758. The van der Waals surface area contributed by atoms with Crippen LogP contribution in [0, 0.1) is 0 Å². The normalized spacial score (nSPS) is 20.7. The van der Waals surface area contributed by atoms with E-state index in [0.29, 0.717) is 12.0 Å². The first-order valence-electron chi connectivity index (χ1n) is 8.39. The number of aliphatic hydroxyl groups is 1. The van der Waals surface area contributed by atoms with Crippen molar-refractivity contribution in [3.63, 3.8) is 0 Å². The summed E-state index contributed by atoms with van der Waals surface area (Å²) in [4.78, 5) is 16.1. The highest BCUT2D eigenvalue weighted by Gasteiger charge is 2.63. The average Bonchev–Trinajstić information content (AvgIpc) is 2.94. The van der Waals surface area contributed by atoms with Crippen molar-refractivity contribution in [2.45, 2.75) is 63.8 Å². The summed E-state index contributed by atoms with van der Waals surface area (Å²) in [6.07, 6.45) is 1.20. The lowest BCUT2D eigenvalue weighted by atomic mass is 10.0. The van der Waals surface area contributed by atoms with Crippen LogP contribution in [0.5, 0.6) is 0 Å². The zero-order valence-corrected chi connectivity index (χ0v) is 14.1. The number of carbonyl (C=O) groups is 1. The number of hydrazone groups is 1. The van der Waals surface area contributed by atoms with Gasteiger partial charge in [0.1, 0.15) is 0 Å². The van der Waals surface area contributed by atoms with Gasteiger partial charge in [0, 0.05) is 24.4 Å². The summed E-state index contributed by atoms with van der Waals surface area (Å²) in [6, 6.07) is 2.99. The summed E-state index contributed by atoms with van der Waals surface area (Å²) in [5.74, 6) is -0.819. The van der Waals surface area contributed by atoms with E-state index >= 15 is 0 Å². The Morgan fingerprint density at radius 3 is 2.48 bits per heavy atom. The predicted octanol–water partition coefficient (Wildman–Crippen LogP) is 3.63. The van der Waals surface area contributed by atoms with Crippen molar-refractivity contribution in [2.75, 3.05) is 0 Å². The van der Waals surface area contributed by atoms with E-state index in [0.717, 1.165) is 25.7 Å². The third-order valence-electron chi connectivity index (χ3n) is 4.18. The minimum Gasteiger partial charge on any atom is -0.362 e. The molecule has 0 aliphatic carbocycles. The summed E-state index contributed by atoms with van der Waals surface area (Å²) in [5.41, 5.74) is -2.89. The van der Waals surface area contributed by atoms with Crippen LogP contribution >= 0.6 is 0 Å². The van der Waals surface area contributed by atoms with Gasteiger partial charge in [-0.3, -0.25) is 9.78 Å². The molecule has 1 aromatic rings. The van der Waals surface area contributed by atoms with Crippen LogP contribution in [-0.2, 0) is 4.79 Å². The molecule has 0 bridgehead atoms. The Labute approximate surface area is 144 Å². The maximum atomic E-state index is 13.4. The third kappa shape index (κ3) is 4.36. The van der Waals surface area contributed by atoms with E-state index in [2.05, 4.69) is 10.1 Å². The van der Waals surface area contributed by atoms with Crippen LogP contribution in [0.25, 0.3) is 0 Å². The van der Waals surface area contributed by atoms with Gasteiger partial charge in [-0.1, -0.05) is 32.6 Å². The molecule has 8 heteroatoms. The van der Waals surface area contributed by atoms with E-state index in [1.165, 1.54) is 24.5 Å². The van der Waals surface area contributed by atoms with Crippen LogP contribution in [-0.4, -0.2) is 38.6 Å². The fourth-order valence-corrected chi connectivity index (χ4v) is 2.72. The molecule has 1 aliphatic heterocycles. The summed E-state index contributed by atoms with van der Waals surface area (Å²) >= 11 is 0. The van der Waals surface area contributed by atoms with Crippen LogP contribution in [0.2, 0.25) is 0 Å². The molecule has 1 aromatic heterocycles. The maximum Gasteiger partial charge on any atom is 0.438 e. The van der Waals surface area contributed by atoms with E-state index in [-0.39, 0.29) is 17.1 Å². The Morgan fingerprint density at radius 1 is 1.24 bits per heavy atom. The number of rotatable bonds is 7. The molecule has 1 aliphatic rings. The fraction of sp³-hybridized carbons (Fsp3) is 0.588. The molecule has 1 amide bonds. The van der Waals surface area contributed by atoms with Gasteiger partial charge >= 0.3 is 6.18 Å². The summed E-state index contributed by atoms with van der Waals surface area (Å²) in [7, 11) is 0. The van der Waals surface area contributed by atoms with Gasteiger partial charge in [-0.2, -0.15) is 23.3 Å². The van der Waals surface area contributed by atoms with E-state index in [1.54, 1.807) is 0 Å². The molecule has 0 radical (unpaired) electrons. The molecule has 138 valence electrons. The molecule has 25 heavy (non-hydrogen) atoms. The molecule has 1 atom stereocenters. The Morgan fingerprint density at radius 2 is 1.88 bits per heavy atom. The number of hydrogen-bond donors (Lipinski definition) is 1. The maximum absolute atomic E-state index is 13.4. The van der Waals surface area contributed by atoms with Crippen molar-refractivity contribution in [2.24, 2.45) is 5.10 Å². The van der Waals surface area contributed by atoms with Gasteiger partial charge in [0.25, 0.3) is 5.72 Å². The van der Waals surface area contributed by atoms with E-state index < -0.39 is 24.2 Å². The number of carbonyl (C=O) groups excluding carboxylic acids is 1. The predicted molar refractivity (Wildman–Crippen MR) is 86.6 cm³/mol. The second-order valence-corrected chi connectivity index (χ2v) is 6.14. The molecule has 2 rings (SSSR count). The van der Waals surface area contributed by atoms with Crippen LogP contribution in [0.4, 0.5) is 13.2 Å². The first kappa shape index (κ1) is 19.4. The van der Waals surface area contributed by atoms with Crippen LogP contribution in [0.15, 0.2) is 29.6 Å². The zero-order valence-electron chi connectivity index (χ0n) is 14.1. The standard InChI is InChI=1S/C17H22F3N3O2/c1-2-3-4-5-6-7-15(24)23-16(25,17(18,19)20)12-14(22-23)13-8-10-21-11-9-13/h8-11,25H,2-7,12H2,1H3/t16-/m0/s1. The monoisotopic (exact) mass is 357 g/mol. The molecular formula is C17H22F3N3O2. The molecule has 5 nitrogen and oxygen atoms in total. The number of pyridine rings is 1. The van der Waals surface area contributed by atoms with Crippen molar-refractivity contribution < 1.29 is 23.1 Å². The molecule has 0 fully saturated rings. The Hall–Kier alpha value is -1.96. The van der Waals surface area contributed by atoms with E-state index in [1.807, 2.05) is 6.92 Å². The van der Waals surface area contributed by atoms with Crippen LogP contribution in [0.1, 0.15) is 57.4 Å². The van der Waals surface area contributed by atoms with Crippen molar-refractivity contribution >= 4 is 11.6 Å². The SMILES string of the molecule is CCCCCCCC(=O)N1N=C(c2ccncc2)C[C@]1(O)C(F)(F)F. The van der Waals surface area contributed by atoms with Gasteiger partial charge in [-0.25, -0.2) is 0 Å². The Kier molecular flexibility index (Phi) is 6.16. The summed E-state index contributed by atoms with van der Waals surface area (Å²) < 4.78 is 40.2. The Balaban J connectivity index is 2.15. The van der Waals surface area contributed by atoms with Gasteiger partial charge in [-0.05, 0) is 18.6 Å². The third-order valence-corrected chi connectivity index (χ3v) is 4.18. The largest absolute Gasteiger partial charge is 0.438 e. The van der Waals surface area contributed by atoms with Crippen molar-refractivity contribution in [3.05, 3.63) is 30.1 Å². The van der Waals surface area contributed by atoms with Gasteiger partial charge in [0.15, 0.2) is 0 Å². The van der Waals surface area contributed by atoms with E-state index in [9.17, 15) is 23.1 Å². The average molecular weight is 357 g/mol. The second-order valence-electron chi connectivity index (χ2n) is 6.14. The first-order valence-corrected chi connectivity index (χ1v) is 8.39. The van der Waals surface area contributed by atoms with E-state index in [4.69, 9.17) is 0 Å². The zero-order chi connectivity index (χ0) is 18.5. The van der Waals surface area contributed by atoms with Gasteiger partial charge in [0.05, 0.1) is 12.1 Å². The molecule has 0 saturated carbocycles. The van der Waals surface area contributed by atoms with Crippen molar-refractivity contribution in [3.8, 4) is 0 Å². The highest BCUT2D eigenvalue weighted by atomic mass is 19.4. The molecular weight excluding hydrogens is 335 g/mol. The fourth-order valence-electron chi connectivity index (χ4n) is 2.72. The first-order chi connectivity index (χ1) is 11.8. The van der Waals surface area contributed by atoms with Crippen molar-refractivity contribution in [1.82, 2.24) is 9.99 Å². The minimum absolute atomic E-state index is 0.0153. The molecule has 0 aromatic carbocycles. The summed E-state index contributed by atoms with van der Waals surface area (Å²) in [5, 5.41) is 14.2. The highest BCUT2D eigenvalue weighted by molar-refractivity contribution is 6.03. The molecule has 0 unspecified atom stereocenters. The Bertz CT molecular complexity index is 619. The number of hydrogen-bond acceptors (Lipinski definition) is 4. The molecule has 2 heterocycles. The summed E-state index contributed by atoms with van der Waals surface area (Å²) in [6.45, 7) is 2.05. The smallest absolute Gasteiger partial charge is 0.362 e. The number of halogens is 3. The lowest BCUT2D eigenvalue weighted by Crippen LogP contribution is -2.56. The van der Waals surface area contributed by atoms with Crippen LogP contribution < -0.4 is 0 Å². The van der Waals surface area contributed by atoms with Gasteiger partial charge in [-0.15, -0.1) is 0 Å². The lowest BCUT2D eigenvalue weighted by Gasteiger charge is -2.32. The number of alkyl halides is 3. The number of nitrogens with zero attached hydrogens (tertiary/aromatic N) is 3. The molecule has 1 N–H and O–H groups in total.